The van der Waals surface area contributed by atoms with Crippen LogP contribution in [-0.4, -0.2) is 28.6 Å². The van der Waals surface area contributed by atoms with Crippen LogP contribution in [0.1, 0.15) is 54.7 Å². The van der Waals surface area contributed by atoms with E-state index in [1.807, 2.05) is 0 Å². The topological polar surface area (TPSA) is 80.0 Å². The second-order valence-corrected chi connectivity index (χ2v) is 5.94. The van der Waals surface area contributed by atoms with Crippen molar-refractivity contribution in [3.8, 4) is 0 Å². The molecule has 3 atom stereocenters. The van der Waals surface area contributed by atoms with Gasteiger partial charge in [-0.15, -0.1) is 0 Å². The molecule has 1 aromatic heterocycles. The molecule has 19 heavy (non-hydrogen) atoms. The van der Waals surface area contributed by atoms with E-state index in [1.165, 1.54) is 19.3 Å². The van der Waals surface area contributed by atoms with E-state index in [9.17, 15) is 4.79 Å². The first-order valence-electron chi connectivity index (χ1n) is 7.19. The smallest absolute Gasteiger partial charge is 0.292 e. The van der Waals surface area contributed by atoms with Gasteiger partial charge in [0.05, 0.1) is 6.04 Å². The molecule has 2 aliphatic carbocycles. The van der Waals surface area contributed by atoms with Gasteiger partial charge in [-0.3, -0.25) is 4.79 Å². The van der Waals surface area contributed by atoms with Gasteiger partial charge in [-0.25, -0.2) is 0 Å². The largest absolute Gasteiger partial charge is 0.346 e. The number of fused-ring (bicyclic) bond motifs is 1. The molecule has 3 aliphatic rings. The molecule has 3 fully saturated rings. The van der Waals surface area contributed by atoms with Gasteiger partial charge in [-0.2, -0.15) is 4.98 Å². The minimum atomic E-state index is -0.210. The number of nitrogens with one attached hydrogen (secondary N) is 2. The van der Waals surface area contributed by atoms with Crippen molar-refractivity contribution in [3.63, 3.8) is 0 Å². The van der Waals surface area contributed by atoms with Crippen molar-refractivity contribution < 1.29 is 9.32 Å². The van der Waals surface area contributed by atoms with Crippen LogP contribution in [0.5, 0.6) is 0 Å². The van der Waals surface area contributed by atoms with E-state index in [0.29, 0.717) is 17.9 Å². The lowest BCUT2D eigenvalue weighted by Crippen LogP contribution is -2.26. The number of aromatic nitrogens is 2. The van der Waals surface area contributed by atoms with E-state index in [-0.39, 0.29) is 17.8 Å². The number of hydrogen-bond donors (Lipinski definition) is 2. The second kappa shape index (κ2) is 4.30. The lowest BCUT2D eigenvalue weighted by molar-refractivity contribution is 0.0937. The van der Waals surface area contributed by atoms with Crippen LogP contribution in [0.3, 0.4) is 0 Å². The third kappa shape index (κ3) is 2.04. The maximum absolute atomic E-state index is 11.8. The third-order valence-corrected chi connectivity index (χ3v) is 4.57. The Morgan fingerprint density at radius 1 is 1.32 bits per heavy atom. The van der Waals surface area contributed by atoms with Gasteiger partial charge in [-0.05, 0) is 44.1 Å². The normalized spacial score (nSPS) is 33.4. The number of amides is 1. The maximum atomic E-state index is 11.8. The van der Waals surface area contributed by atoms with E-state index in [0.717, 1.165) is 25.3 Å². The van der Waals surface area contributed by atoms with Crippen molar-refractivity contribution in [2.24, 2.45) is 11.8 Å². The van der Waals surface area contributed by atoms with E-state index >= 15 is 0 Å². The summed E-state index contributed by atoms with van der Waals surface area (Å²) in [4.78, 5) is 16.1. The lowest BCUT2D eigenvalue weighted by atomic mass is 9.94. The van der Waals surface area contributed by atoms with Crippen LogP contribution in [0.15, 0.2) is 4.52 Å². The second-order valence-electron chi connectivity index (χ2n) is 5.94. The van der Waals surface area contributed by atoms with E-state index in [4.69, 9.17) is 4.52 Å². The summed E-state index contributed by atoms with van der Waals surface area (Å²) >= 11 is 0. The van der Waals surface area contributed by atoms with Crippen LogP contribution in [0, 0.1) is 11.8 Å². The summed E-state index contributed by atoms with van der Waals surface area (Å²) in [5.41, 5.74) is 0. The summed E-state index contributed by atoms with van der Waals surface area (Å²) < 4.78 is 5.30. The van der Waals surface area contributed by atoms with Crippen LogP contribution in [-0.2, 0) is 0 Å². The molecular weight excluding hydrogens is 244 g/mol. The molecule has 1 aromatic rings. The molecule has 6 nitrogen and oxygen atoms in total. The van der Waals surface area contributed by atoms with Gasteiger partial charge in [0.15, 0.2) is 0 Å². The molecular formula is C13H18N4O2. The fourth-order valence-electron chi connectivity index (χ4n) is 3.39. The van der Waals surface area contributed by atoms with Crippen LogP contribution in [0.2, 0.25) is 0 Å². The average molecular weight is 262 g/mol. The van der Waals surface area contributed by atoms with Crippen molar-refractivity contribution in [1.82, 2.24) is 20.8 Å². The van der Waals surface area contributed by atoms with Crippen LogP contribution < -0.4 is 10.6 Å². The standard InChI is InChI=1S/C13H18N4O2/c18-12(15-8-4-5-8)11-16-13(19-17-11)10-9-3-1-2-7(9)6-14-10/h7-10,14H,1-6H2,(H,15,18). The molecule has 2 saturated carbocycles. The molecule has 0 aromatic carbocycles. The lowest BCUT2D eigenvalue weighted by Gasteiger charge is -2.13. The Hall–Kier alpha value is -1.43. The highest BCUT2D eigenvalue weighted by molar-refractivity contribution is 5.90. The van der Waals surface area contributed by atoms with Crippen molar-refractivity contribution in [1.29, 1.82) is 0 Å². The SMILES string of the molecule is O=C(NC1CC1)c1noc(C2NCC3CCCC32)n1. The minimum absolute atomic E-state index is 0.141. The first-order valence-corrected chi connectivity index (χ1v) is 7.19. The highest BCUT2D eigenvalue weighted by atomic mass is 16.5. The molecule has 0 spiro atoms. The predicted octanol–water partition coefficient (Wildman–Crippen LogP) is 1.02. The fourth-order valence-corrected chi connectivity index (χ4v) is 3.39. The van der Waals surface area contributed by atoms with Gasteiger partial charge in [0, 0.05) is 6.04 Å². The van der Waals surface area contributed by atoms with Gasteiger partial charge >= 0.3 is 0 Å². The van der Waals surface area contributed by atoms with E-state index < -0.39 is 0 Å². The molecule has 2 N–H and O–H groups in total. The Bertz CT molecular complexity index is 497. The molecule has 6 heteroatoms. The van der Waals surface area contributed by atoms with Crippen molar-refractivity contribution in [3.05, 3.63) is 11.7 Å². The summed E-state index contributed by atoms with van der Waals surface area (Å²) in [6, 6.07) is 0.459. The first kappa shape index (κ1) is 11.4. The Labute approximate surface area is 111 Å². The summed E-state index contributed by atoms with van der Waals surface area (Å²) in [5, 5.41) is 10.1. The number of nitrogens with zero attached hydrogens (tertiary/aromatic N) is 2. The van der Waals surface area contributed by atoms with Gasteiger partial charge in [0.25, 0.3) is 11.7 Å². The zero-order valence-electron chi connectivity index (χ0n) is 10.8. The number of hydrogen-bond acceptors (Lipinski definition) is 5. The minimum Gasteiger partial charge on any atom is -0.346 e. The molecule has 3 unspecified atom stereocenters. The summed E-state index contributed by atoms with van der Waals surface area (Å²) in [6.07, 6.45) is 5.91. The van der Waals surface area contributed by atoms with Crippen LogP contribution >= 0.6 is 0 Å². The molecule has 2 heterocycles. The summed E-state index contributed by atoms with van der Waals surface area (Å²) in [7, 11) is 0. The van der Waals surface area contributed by atoms with E-state index in [1.54, 1.807) is 0 Å². The highest BCUT2D eigenvalue weighted by Gasteiger charge is 2.42. The Morgan fingerprint density at radius 2 is 2.21 bits per heavy atom. The van der Waals surface area contributed by atoms with Gasteiger partial charge in [0.1, 0.15) is 0 Å². The third-order valence-electron chi connectivity index (χ3n) is 4.57. The van der Waals surface area contributed by atoms with Crippen molar-refractivity contribution in [2.75, 3.05) is 6.54 Å². The zero-order chi connectivity index (χ0) is 12.8. The quantitative estimate of drug-likeness (QED) is 0.850. The van der Waals surface area contributed by atoms with E-state index in [2.05, 4.69) is 20.8 Å². The maximum Gasteiger partial charge on any atom is 0.292 e. The average Bonchev–Trinajstić information content (AvgIpc) is 2.86. The van der Waals surface area contributed by atoms with Crippen molar-refractivity contribution in [2.45, 2.75) is 44.2 Å². The van der Waals surface area contributed by atoms with Gasteiger partial charge in [-0.1, -0.05) is 11.6 Å². The molecule has 1 amide bonds. The summed E-state index contributed by atoms with van der Waals surface area (Å²) in [6.45, 7) is 1.03. The van der Waals surface area contributed by atoms with Crippen molar-refractivity contribution >= 4 is 5.91 Å². The van der Waals surface area contributed by atoms with Crippen LogP contribution in [0.25, 0.3) is 0 Å². The van der Waals surface area contributed by atoms with Crippen LogP contribution in [0.4, 0.5) is 0 Å². The van der Waals surface area contributed by atoms with Gasteiger partial charge in [0.2, 0.25) is 5.89 Å². The first-order chi connectivity index (χ1) is 9.31. The summed E-state index contributed by atoms with van der Waals surface area (Å²) in [5.74, 6) is 1.87. The number of carbonyl (C=O) groups excluding carboxylic acids is 1. The Balaban J connectivity index is 1.49. The zero-order valence-corrected chi connectivity index (χ0v) is 10.8. The number of rotatable bonds is 3. The molecule has 0 bridgehead atoms. The Morgan fingerprint density at radius 3 is 3.05 bits per heavy atom. The predicted molar refractivity (Wildman–Crippen MR) is 66.4 cm³/mol. The molecule has 0 radical (unpaired) electrons. The molecule has 102 valence electrons. The molecule has 1 aliphatic heterocycles. The fraction of sp³-hybridized carbons (Fsp3) is 0.769. The molecule has 1 saturated heterocycles. The Kier molecular flexibility index (Phi) is 2.58. The molecule has 4 rings (SSSR count). The monoisotopic (exact) mass is 262 g/mol. The van der Waals surface area contributed by atoms with Gasteiger partial charge < -0.3 is 15.2 Å². The number of carbonyl (C=O) groups is 1. The highest BCUT2D eigenvalue weighted by Crippen LogP contribution is 2.43.